The summed E-state index contributed by atoms with van der Waals surface area (Å²) >= 11 is 15.6. The molecule has 1 amide bonds. The van der Waals surface area contributed by atoms with E-state index in [4.69, 9.17) is 27.9 Å². The van der Waals surface area contributed by atoms with Crippen molar-refractivity contribution in [2.75, 3.05) is 5.32 Å². The van der Waals surface area contributed by atoms with Crippen LogP contribution < -0.4 is 5.32 Å². The SMILES string of the molecule is O=C(Nc1cc(Cl)ccc1Cl)[C@@H]1[C@H]2C[C@H]3[C@H](OC(=O)[C@@H]31)[C@H]2Br. The average Bonchev–Trinajstić information content (AvgIpc) is 3.07. The van der Waals surface area contributed by atoms with Gasteiger partial charge in [-0.15, -0.1) is 0 Å². The van der Waals surface area contributed by atoms with E-state index in [1.165, 1.54) is 0 Å². The molecule has 3 aliphatic rings. The molecule has 0 spiro atoms. The van der Waals surface area contributed by atoms with Gasteiger partial charge in [-0.1, -0.05) is 39.1 Å². The van der Waals surface area contributed by atoms with E-state index in [1.807, 2.05) is 0 Å². The molecule has 4 nitrogen and oxygen atoms in total. The van der Waals surface area contributed by atoms with Crippen molar-refractivity contribution >= 4 is 56.7 Å². The van der Waals surface area contributed by atoms with Crippen LogP contribution in [-0.2, 0) is 14.3 Å². The molecule has 22 heavy (non-hydrogen) atoms. The number of alkyl halides is 1. The number of hydrogen-bond acceptors (Lipinski definition) is 3. The first-order chi connectivity index (χ1) is 10.5. The monoisotopic (exact) mass is 403 g/mol. The van der Waals surface area contributed by atoms with Crippen LogP contribution in [0.2, 0.25) is 10.0 Å². The summed E-state index contributed by atoms with van der Waals surface area (Å²) in [5.41, 5.74) is 0.468. The lowest BCUT2D eigenvalue weighted by molar-refractivity contribution is -0.145. The zero-order chi connectivity index (χ0) is 15.6. The number of benzene rings is 1. The summed E-state index contributed by atoms with van der Waals surface area (Å²) in [4.78, 5) is 24.8. The summed E-state index contributed by atoms with van der Waals surface area (Å²) in [6.45, 7) is 0. The molecule has 6 atom stereocenters. The van der Waals surface area contributed by atoms with Crippen LogP contribution in [0.5, 0.6) is 0 Å². The highest BCUT2D eigenvalue weighted by molar-refractivity contribution is 9.09. The second kappa shape index (κ2) is 5.11. The number of amides is 1. The first-order valence-corrected chi connectivity index (χ1v) is 8.75. The van der Waals surface area contributed by atoms with E-state index in [1.54, 1.807) is 18.2 Å². The zero-order valence-electron chi connectivity index (χ0n) is 11.3. The summed E-state index contributed by atoms with van der Waals surface area (Å²) in [7, 11) is 0. The van der Waals surface area contributed by atoms with Crippen molar-refractivity contribution in [1.82, 2.24) is 0 Å². The van der Waals surface area contributed by atoms with Crippen LogP contribution in [0.4, 0.5) is 5.69 Å². The van der Waals surface area contributed by atoms with Gasteiger partial charge in [0.1, 0.15) is 6.10 Å². The Morgan fingerprint density at radius 3 is 2.86 bits per heavy atom. The number of nitrogens with one attached hydrogen (secondary N) is 1. The second-order valence-corrected chi connectivity index (χ2v) is 7.98. The van der Waals surface area contributed by atoms with Crippen LogP contribution in [0, 0.1) is 23.7 Å². The maximum Gasteiger partial charge on any atom is 0.310 e. The Labute approximate surface area is 145 Å². The van der Waals surface area contributed by atoms with Gasteiger partial charge in [0.25, 0.3) is 0 Å². The average molecular weight is 405 g/mol. The number of fused-ring (bicyclic) bond motifs is 1. The van der Waals surface area contributed by atoms with Crippen LogP contribution in [0.15, 0.2) is 18.2 Å². The van der Waals surface area contributed by atoms with Gasteiger partial charge >= 0.3 is 5.97 Å². The highest BCUT2D eigenvalue weighted by atomic mass is 79.9. The minimum Gasteiger partial charge on any atom is -0.461 e. The predicted octanol–water partition coefficient (Wildman–Crippen LogP) is 3.50. The lowest BCUT2D eigenvalue weighted by atomic mass is 9.79. The van der Waals surface area contributed by atoms with Gasteiger partial charge in [-0.3, -0.25) is 9.59 Å². The summed E-state index contributed by atoms with van der Waals surface area (Å²) < 4.78 is 5.41. The number of esters is 1. The van der Waals surface area contributed by atoms with Crippen molar-refractivity contribution in [3.8, 4) is 0 Å². The molecule has 4 rings (SSSR count). The molecule has 1 heterocycles. The third-order valence-corrected chi connectivity index (χ3v) is 6.78. The summed E-state index contributed by atoms with van der Waals surface area (Å²) in [5, 5.41) is 3.73. The first-order valence-electron chi connectivity index (χ1n) is 7.08. The highest BCUT2D eigenvalue weighted by Crippen LogP contribution is 2.60. The van der Waals surface area contributed by atoms with Crippen LogP contribution in [0.3, 0.4) is 0 Å². The number of ether oxygens (including phenoxy) is 1. The van der Waals surface area contributed by atoms with Gasteiger partial charge in [-0.2, -0.15) is 0 Å². The van der Waals surface area contributed by atoms with E-state index >= 15 is 0 Å². The predicted molar refractivity (Wildman–Crippen MR) is 86.3 cm³/mol. The molecule has 0 radical (unpaired) electrons. The molecule has 7 heteroatoms. The Morgan fingerprint density at radius 2 is 2.09 bits per heavy atom. The minimum absolute atomic E-state index is 0.0470. The maximum atomic E-state index is 12.7. The van der Waals surface area contributed by atoms with Crippen molar-refractivity contribution in [3.63, 3.8) is 0 Å². The Balaban J connectivity index is 1.61. The van der Waals surface area contributed by atoms with Gasteiger partial charge < -0.3 is 10.1 Å². The largest absolute Gasteiger partial charge is 0.461 e. The molecule has 3 fully saturated rings. The van der Waals surface area contributed by atoms with Gasteiger partial charge in [-0.25, -0.2) is 0 Å². The fraction of sp³-hybridized carbons (Fsp3) is 0.467. The number of carbonyl (C=O) groups is 2. The van der Waals surface area contributed by atoms with E-state index < -0.39 is 0 Å². The van der Waals surface area contributed by atoms with Crippen LogP contribution in [-0.4, -0.2) is 22.8 Å². The minimum atomic E-state index is -0.379. The van der Waals surface area contributed by atoms with Crippen LogP contribution in [0.1, 0.15) is 6.42 Å². The molecule has 1 aromatic rings. The number of hydrogen-bond donors (Lipinski definition) is 1. The molecule has 2 bridgehead atoms. The molecule has 2 aliphatic carbocycles. The molecule has 1 aromatic carbocycles. The van der Waals surface area contributed by atoms with Crippen molar-refractivity contribution in [2.45, 2.75) is 17.4 Å². The number of halogens is 3. The smallest absolute Gasteiger partial charge is 0.310 e. The third kappa shape index (κ3) is 2.02. The van der Waals surface area contributed by atoms with Gasteiger partial charge in [0.15, 0.2) is 0 Å². The fourth-order valence-electron chi connectivity index (χ4n) is 4.14. The number of carbonyl (C=O) groups excluding carboxylic acids is 2. The summed E-state index contributed by atoms with van der Waals surface area (Å²) in [5.74, 6) is -0.894. The standard InChI is InChI=1S/C15H12BrCl2NO3/c16-12-6-4-7-11(15(21)22-13(7)12)10(6)14(20)19-9-3-5(17)1-2-8(9)18/h1-3,6-7,10-13H,4H2,(H,19,20)/t6-,7-,10-,11+,12+,13+/m1/s1. The lowest BCUT2D eigenvalue weighted by Gasteiger charge is -2.27. The summed E-state index contributed by atoms with van der Waals surface area (Å²) in [6, 6.07) is 4.90. The van der Waals surface area contributed by atoms with Gasteiger partial charge in [0, 0.05) is 10.9 Å². The molecular weight excluding hydrogens is 393 g/mol. The zero-order valence-corrected chi connectivity index (χ0v) is 14.4. The molecule has 0 aromatic heterocycles. The molecule has 116 valence electrons. The lowest BCUT2D eigenvalue weighted by Crippen LogP contribution is -2.40. The van der Waals surface area contributed by atoms with E-state index in [2.05, 4.69) is 21.2 Å². The quantitative estimate of drug-likeness (QED) is 0.606. The first kappa shape index (κ1) is 14.8. The van der Waals surface area contributed by atoms with Crippen molar-refractivity contribution < 1.29 is 14.3 Å². The van der Waals surface area contributed by atoms with Gasteiger partial charge in [0.05, 0.1) is 27.4 Å². The molecule has 1 aliphatic heterocycles. The normalized spacial score (nSPS) is 38.2. The fourth-order valence-corrected chi connectivity index (χ4v) is 5.52. The molecule has 0 unspecified atom stereocenters. The van der Waals surface area contributed by atoms with E-state index in [-0.39, 0.29) is 46.5 Å². The van der Waals surface area contributed by atoms with E-state index in [0.29, 0.717) is 15.7 Å². The third-order valence-electron chi connectivity index (χ3n) is 5.01. The second-order valence-electron chi connectivity index (χ2n) is 6.07. The Bertz CT molecular complexity index is 683. The van der Waals surface area contributed by atoms with Crippen LogP contribution in [0.25, 0.3) is 0 Å². The molecule has 1 N–H and O–H groups in total. The maximum absolute atomic E-state index is 12.7. The highest BCUT2D eigenvalue weighted by Gasteiger charge is 2.67. The Hall–Kier alpha value is -0.780. The molecule has 2 saturated carbocycles. The number of anilines is 1. The van der Waals surface area contributed by atoms with Crippen LogP contribution >= 0.6 is 39.1 Å². The van der Waals surface area contributed by atoms with Crippen molar-refractivity contribution in [3.05, 3.63) is 28.2 Å². The topological polar surface area (TPSA) is 55.4 Å². The Morgan fingerprint density at radius 1 is 1.32 bits per heavy atom. The number of rotatable bonds is 2. The Kier molecular flexibility index (Phi) is 3.44. The van der Waals surface area contributed by atoms with Gasteiger partial charge in [-0.05, 0) is 30.5 Å². The summed E-state index contributed by atoms with van der Waals surface area (Å²) in [6.07, 6.45) is 0.763. The molecular formula is C15H12BrCl2NO3. The van der Waals surface area contributed by atoms with Gasteiger partial charge in [0.2, 0.25) is 5.91 Å². The van der Waals surface area contributed by atoms with E-state index in [0.717, 1.165) is 6.42 Å². The van der Waals surface area contributed by atoms with Crippen molar-refractivity contribution in [1.29, 1.82) is 0 Å². The molecule has 1 saturated heterocycles. The van der Waals surface area contributed by atoms with Crippen molar-refractivity contribution in [2.24, 2.45) is 23.7 Å². The van der Waals surface area contributed by atoms with E-state index in [9.17, 15) is 9.59 Å².